The third-order valence-corrected chi connectivity index (χ3v) is 23.3. The minimum atomic E-state index is 0.112. The van der Waals surface area contributed by atoms with Gasteiger partial charge in [-0.05, 0) is 218 Å². The Bertz CT molecular complexity index is 7990. The van der Waals surface area contributed by atoms with Gasteiger partial charge >= 0.3 is 24.0 Å². The average molecular weight is 1750 g/mol. The third-order valence-electron chi connectivity index (χ3n) is 23.3. The van der Waals surface area contributed by atoms with Gasteiger partial charge in [0.15, 0.2) is 46.6 Å². The number of benzene rings is 18. The summed E-state index contributed by atoms with van der Waals surface area (Å²) in [4.78, 5) is 55.7. The van der Waals surface area contributed by atoms with E-state index >= 15 is 0 Å². The molecule has 18 aromatic carbocycles. The minimum Gasteiger partial charge on any atom is -0.507 e. The zero-order valence-corrected chi connectivity index (χ0v) is 73.7. The van der Waals surface area contributed by atoms with E-state index < -0.39 is 0 Å². The fourth-order valence-electron chi connectivity index (χ4n) is 16.9. The van der Waals surface area contributed by atoms with Gasteiger partial charge in [-0.2, -0.15) is 39.9 Å². The number of fused-ring (bicyclic) bond motifs is 9. The topological polar surface area (TPSA) is 273 Å². The van der Waals surface area contributed by atoms with Crippen LogP contribution in [0.4, 0.5) is 0 Å². The van der Waals surface area contributed by atoms with E-state index in [-0.39, 0.29) is 47.0 Å². The number of aromatic hydroxyl groups is 4. The summed E-state index contributed by atoms with van der Waals surface area (Å²) >= 11 is 0. The van der Waals surface area contributed by atoms with Crippen molar-refractivity contribution >= 4 is 108 Å². The van der Waals surface area contributed by atoms with Crippen LogP contribution in [-0.4, -0.2) is 107 Å². The van der Waals surface area contributed by atoms with Crippen molar-refractivity contribution in [2.75, 3.05) is 26.4 Å². The predicted octanol–water partition coefficient (Wildman–Crippen LogP) is 26.9. The molecular formula is C113H92N12O8. The first-order chi connectivity index (χ1) is 65.4. The number of phenols is 4. The smallest absolute Gasteiger partial charge is 0.320 e. The molecule has 20 nitrogen and oxygen atoms in total. The van der Waals surface area contributed by atoms with Gasteiger partial charge in [0.1, 0.15) is 23.0 Å². The Morgan fingerprint density at radius 2 is 0.541 bits per heavy atom. The molecule has 133 heavy (non-hydrogen) atoms. The highest BCUT2D eigenvalue weighted by Crippen LogP contribution is 2.44. The Labute approximate surface area is 767 Å². The summed E-state index contributed by atoms with van der Waals surface area (Å²) in [5.74, 6) is 4.07. The fraction of sp³-hybridized carbons (Fsp3) is 0.133. The van der Waals surface area contributed by atoms with Crippen molar-refractivity contribution in [1.82, 2.24) is 59.8 Å². The Kier molecular flexibility index (Phi) is 25.2. The van der Waals surface area contributed by atoms with Crippen LogP contribution in [-0.2, 0) is 0 Å². The Morgan fingerprint density at radius 1 is 0.195 bits per heavy atom. The molecule has 0 amide bonds. The van der Waals surface area contributed by atoms with Gasteiger partial charge in [-0.3, -0.25) is 0 Å². The third kappa shape index (κ3) is 18.3. The Hall–Kier alpha value is -16.7. The van der Waals surface area contributed by atoms with Gasteiger partial charge < -0.3 is 39.4 Å². The molecule has 0 aliphatic carbocycles. The first-order valence-corrected chi connectivity index (χ1v) is 44.9. The lowest BCUT2D eigenvalue weighted by Crippen LogP contribution is -2.05. The number of unbranched alkanes of at least 4 members (excludes halogenated alkanes) is 3. The number of para-hydroxylation sites is 4. The second-order valence-corrected chi connectivity index (χ2v) is 32.4. The van der Waals surface area contributed by atoms with Crippen LogP contribution >= 0.6 is 0 Å². The molecule has 0 saturated heterocycles. The molecule has 20 heteroatoms. The van der Waals surface area contributed by atoms with Crippen LogP contribution in [0.25, 0.3) is 199 Å². The number of ether oxygens (including phenoxy) is 4. The van der Waals surface area contributed by atoms with Crippen molar-refractivity contribution in [3.05, 3.63) is 328 Å². The molecule has 0 aliphatic rings. The lowest BCUT2D eigenvalue weighted by atomic mass is 9.92. The number of rotatable bonds is 23. The fourth-order valence-corrected chi connectivity index (χ4v) is 16.9. The second-order valence-electron chi connectivity index (χ2n) is 32.4. The van der Waals surface area contributed by atoms with E-state index in [4.69, 9.17) is 43.9 Å². The van der Waals surface area contributed by atoms with E-state index in [9.17, 15) is 20.4 Å². The normalized spacial score (nSPS) is 11.3. The summed E-state index contributed by atoms with van der Waals surface area (Å²) in [7, 11) is 0. The van der Waals surface area contributed by atoms with Crippen LogP contribution in [0.3, 0.4) is 0 Å². The molecule has 0 atom stereocenters. The zero-order valence-electron chi connectivity index (χ0n) is 73.7. The predicted molar refractivity (Wildman–Crippen MR) is 533 cm³/mol. The van der Waals surface area contributed by atoms with Gasteiger partial charge in [-0.15, -0.1) is 0 Å². The van der Waals surface area contributed by atoms with Crippen molar-refractivity contribution < 1.29 is 39.4 Å². The molecule has 4 aromatic heterocycles. The van der Waals surface area contributed by atoms with Crippen molar-refractivity contribution in [3.63, 3.8) is 0 Å². The highest BCUT2D eigenvalue weighted by atomic mass is 16.5. The molecule has 0 spiro atoms. The molecule has 0 aliphatic heterocycles. The van der Waals surface area contributed by atoms with Crippen LogP contribution in [0.2, 0.25) is 0 Å². The zero-order chi connectivity index (χ0) is 90.7. The van der Waals surface area contributed by atoms with Crippen LogP contribution in [0, 0.1) is 0 Å². The molecule has 4 N–H and O–H groups in total. The number of phenolic OH excluding ortho intramolecular Hbond substituents is 4. The van der Waals surface area contributed by atoms with E-state index in [1.807, 2.05) is 99.6 Å². The molecule has 0 unspecified atom stereocenters. The van der Waals surface area contributed by atoms with Crippen molar-refractivity contribution in [2.24, 2.45) is 0 Å². The first-order valence-electron chi connectivity index (χ1n) is 44.9. The van der Waals surface area contributed by atoms with E-state index in [2.05, 4.69) is 224 Å². The lowest BCUT2D eigenvalue weighted by molar-refractivity contribution is 0.281. The maximum atomic E-state index is 10.5. The lowest BCUT2D eigenvalue weighted by Gasteiger charge is -2.14. The van der Waals surface area contributed by atoms with Crippen molar-refractivity contribution in [3.8, 4) is 138 Å². The molecule has 0 radical (unpaired) electrons. The van der Waals surface area contributed by atoms with Crippen LogP contribution in [0.1, 0.15) is 72.6 Å². The van der Waals surface area contributed by atoms with Gasteiger partial charge in [0, 0.05) is 22.3 Å². The highest BCUT2D eigenvalue weighted by Gasteiger charge is 2.24. The van der Waals surface area contributed by atoms with Gasteiger partial charge in [-0.1, -0.05) is 290 Å². The second kappa shape index (κ2) is 39.1. The summed E-state index contributed by atoms with van der Waals surface area (Å²) in [5, 5.41) is 64.6. The van der Waals surface area contributed by atoms with Crippen molar-refractivity contribution in [1.29, 1.82) is 0 Å². The molecule has 4 heterocycles. The summed E-state index contributed by atoms with van der Waals surface area (Å²) in [6.45, 7) is 10.3. The van der Waals surface area contributed by atoms with Crippen LogP contribution < -0.4 is 18.9 Å². The van der Waals surface area contributed by atoms with Crippen LogP contribution in [0.5, 0.6) is 47.0 Å². The Balaban J connectivity index is 0.000000115. The molecule has 0 saturated carbocycles. The number of aromatic nitrogens is 12. The minimum absolute atomic E-state index is 0.112. The van der Waals surface area contributed by atoms with Gasteiger partial charge in [0.05, 0.1) is 48.7 Å². The summed E-state index contributed by atoms with van der Waals surface area (Å²) in [6, 6.07) is 109. The van der Waals surface area contributed by atoms with E-state index in [1.54, 1.807) is 66.7 Å². The summed E-state index contributed by atoms with van der Waals surface area (Å²) in [6.07, 6.45) is 6.91. The van der Waals surface area contributed by atoms with E-state index in [0.29, 0.717) is 95.3 Å². The SMILES string of the molecule is CCCCCCOc1nc(-c2ccccc2O)nc(-c2ccc3ccc4cccc5ccc2c3c45)n1.CCCOc1nc(-c2ccc3cc4ccccc4cc3c2)nc(-c2ccccc2O)n1.CCCOc1nc(-c2ccccc2O)nc(-c2c3ccccc3cc3ccccc23)n1.CCCOc1nc(-c2ccccc2O)nc(-c2cc3c4ccccc4ccc3c3ccccc23)n1. The summed E-state index contributed by atoms with van der Waals surface area (Å²) in [5.41, 5.74) is 5.76. The monoisotopic (exact) mass is 1740 g/mol. The van der Waals surface area contributed by atoms with E-state index in [0.717, 1.165) is 108 Å². The molecule has 652 valence electrons. The Morgan fingerprint density at radius 3 is 1.06 bits per heavy atom. The largest absolute Gasteiger partial charge is 0.507 e. The van der Waals surface area contributed by atoms with Gasteiger partial charge in [-0.25, -0.2) is 19.9 Å². The summed E-state index contributed by atoms with van der Waals surface area (Å²) < 4.78 is 23.4. The van der Waals surface area contributed by atoms with Crippen LogP contribution in [0.15, 0.2) is 328 Å². The highest BCUT2D eigenvalue weighted by molar-refractivity contribution is 6.26. The quantitative estimate of drug-likeness (QED) is 0.0263. The molecule has 0 fully saturated rings. The maximum absolute atomic E-state index is 10.5. The number of nitrogens with zero attached hydrogens (tertiary/aromatic N) is 12. The van der Waals surface area contributed by atoms with E-state index in [1.165, 1.54) is 66.7 Å². The molecule has 0 bridgehead atoms. The van der Waals surface area contributed by atoms with Crippen molar-refractivity contribution in [2.45, 2.75) is 72.6 Å². The van der Waals surface area contributed by atoms with Gasteiger partial charge in [0.2, 0.25) is 0 Å². The maximum Gasteiger partial charge on any atom is 0.320 e. The molecule has 22 aromatic rings. The number of hydrogen-bond acceptors (Lipinski definition) is 20. The molecular weight excluding hydrogens is 1650 g/mol. The average Bonchev–Trinajstić information content (AvgIpc) is 0.743. The molecule has 22 rings (SSSR count). The first kappa shape index (κ1) is 85.7. The number of hydrogen-bond donors (Lipinski definition) is 4. The van der Waals surface area contributed by atoms with Gasteiger partial charge in [0.25, 0.3) is 0 Å². The standard InChI is InChI=1S/C31H27N3O2.C30H23N3O2.2C26H21N3O2/c1-2-3-4-7-19-36-31-33-29(32-30(34-31)25-11-5-6-12-26(25)35)24-18-16-22-14-13-20-9-8-10-21-15-17-23(24)28(22)27(20)21;1-2-17-35-30-32-28(24-13-7-8-14-27(24)34)31-29(33-30)26-18-25-20-10-4-3-9-19(20)15-16-23(25)21-11-5-6-12-22(21)26;1-2-15-31-26-28-24(21-13-7-8-14-22(21)30)27-25(29-26)23-19-11-5-3-9-17(19)16-18-10-4-6-12-20(18)23;1-2-13-31-26-28-24(27-25(29-26)22-9-5-6-10-23(22)30)20-12-11-19-14-17-7-3-4-8-18(17)15-21(19)16-20/h5-6,8-18,35H,2-4,7,19H2,1H3;3-16,18,34H,2,17H2,1H3;3-14,16,30H,2,15H2,1H3;3-12,14-16,30H,2,13H2,1H3.